The molecule has 0 fully saturated rings. The van der Waals surface area contributed by atoms with Crippen molar-refractivity contribution in [3.05, 3.63) is 58.9 Å². The van der Waals surface area contributed by atoms with E-state index in [1.165, 1.54) is 0 Å². The fourth-order valence-electron chi connectivity index (χ4n) is 2.31. The Morgan fingerprint density at radius 2 is 2.04 bits per heavy atom. The molecule has 2 rings (SSSR count). The van der Waals surface area contributed by atoms with Crippen LogP contribution in [0.3, 0.4) is 0 Å². The maximum atomic E-state index is 12.6. The number of pyridine rings is 1. The van der Waals surface area contributed by atoms with Crippen LogP contribution < -0.4 is 10.1 Å². The molecule has 0 aliphatic carbocycles. The normalized spacial score (nSPS) is 10.8. The minimum Gasteiger partial charge on any atom is -0.497 e. The first-order valence-corrected chi connectivity index (χ1v) is 7.67. The molecule has 0 atom stereocenters. The second kappa shape index (κ2) is 7.14. The van der Waals surface area contributed by atoms with Gasteiger partial charge in [0, 0.05) is 29.4 Å². The van der Waals surface area contributed by atoms with E-state index in [4.69, 9.17) is 10.00 Å². The van der Waals surface area contributed by atoms with E-state index in [1.807, 2.05) is 26.8 Å². The highest BCUT2D eigenvalue weighted by atomic mass is 16.5. The van der Waals surface area contributed by atoms with Crippen LogP contribution in [0, 0.1) is 11.3 Å². The molecule has 1 N–H and O–H groups in total. The van der Waals surface area contributed by atoms with Gasteiger partial charge in [0.15, 0.2) is 0 Å². The maximum absolute atomic E-state index is 12.6. The number of hydrogen-bond donors (Lipinski definition) is 1. The number of carbonyl (C=O) groups is 1. The largest absolute Gasteiger partial charge is 0.497 e. The van der Waals surface area contributed by atoms with Crippen LogP contribution in [0.4, 0.5) is 0 Å². The second-order valence-electron chi connectivity index (χ2n) is 6.55. The van der Waals surface area contributed by atoms with Crippen molar-refractivity contribution in [3.63, 3.8) is 0 Å². The molecule has 5 heteroatoms. The number of nitriles is 1. The summed E-state index contributed by atoms with van der Waals surface area (Å²) < 4.78 is 5.27. The summed E-state index contributed by atoms with van der Waals surface area (Å²) in [4.78, 5) is 16.9. The Labute approximate surface area is 142 Å². The van der Waals surface area contributed by atoms with E-state index in [0.29, 0.717) is 23.3 Å². The molecule has 1 heterocycles. The molecule has 0 saturated carbocycles. The fraction of sp³-hybridized carbons (Fsp3) is 0.316. The maximum Gasteiger partial charge on any atom is 0.251 e. The van der Waals surface area contributed by atoms with Gasteiger partial charge in [-0.3, -0.25) is 9.78 Å². The van der Waals surface area contributed by atoms with Gasteiger partial charge in [-0.05, 0) is 56.7 Å². The van der Waals surface area contributed by atoms with Crippen molar-refractivity contribution in [2.45, 2.75) is 32.7 Å². The average Bonchev–Trinajstić information content (AvgIpc) is 2.53. The first kappa shape index (κ1) is 17.5. The van der Waals surface area contributed by atoms with Crippen molar-refractivity contribution in [3.8, 4) is 11.8 Å². The predicted molar refractivity (Wildman–Crippen MR) is 92.0 cm³/mol. The highest BCUT2D eigenvalue weighted by molar-refractivity contribution is 5.96. The summed E-state index contributed by atoms with van der Waals surface area (Å²) in [5.74, 6) is 0.533. The third-order valence-electron chi connectivity index (χ3n) is 3.36. The van der Waals surface area contributed by atoms with Gasteiger partial charge in [0.2, 0.25) is 0 Å². The summed E-state index contributed by atoms with van der Waals surface area (Å²) in [7, 11) is 1.59. The summed E-state index contributed by atoms with van der Waals surface area (Å²) in [6, 6.07) is 10.8. The summed E-state index contributed by atoms with van der Waals surface area (Å²) in [5, 5.41) is 12.0. The van der Waals surface area contributed by atoms with E-state index in [1.54, 1.807) is 37.6 Å². The lowest BCUT2D eigenvalue weighted by atomic mass is 9.99. The summed E-state index contributed by atoms with van der Waals surface area (Å²) in [6.45, 7) is 5.81. The highest BCUT2D eigenvalue weighted by Crippen LogP contribution is 2.21. The molecule has 1 aromatic heterocycles. The topological polar surface area (TPSA) is 75.0 Å². The molecule has 0 radical (unpaired) electrons. The van der Waals surface area contributed by atoms with Gasteiger partial charge in [0.05, 0.1) is 18.7 Å². The molecule has 0 unspecified atom stereocenters. The summed E-state index contributed by atoms with van der Waals surface area (Å²) >= 11 is 0. The zero-order chi connectivity index (χ0) is 17.7. The molecule has 1 amide bonds. The van der Waals surface area contributed by atoms with Gasteiger partial charge < -0.3 is 10.1 Å². The number of rotatable bonds is 4. The molecule has 0 aliphatic rings. The Kier molecular flexibility index (Phi) is 5.20. The van der Waals surface area contributed by atoms with Gasteiger partial charge in [-0.2, -0.15) is 5.26 Å². The highest BCUT2D eigenvalue weighted by Gasteiger charge is 2.19. The molecule has 2 aromatic rings. The number of carbonyl (C=O) groups excluding carboxylic acids is 1. The number of ether oxygens (including phenoxy) is 1. The van der Waals surface area contributed by atoms with Crippen molar-refractivity contribution < 1.29 is 9.53 Å². The Balaban J connectivity index is 2.39. The quantitative estimate of drug-likeness (QED) is 0.938. The Hall–Kier alpha value is -2.87. The lowest BCUT2D eigenvalue weighted by molar-refractivity contribution is 0.0918. The van der Waals surface area contributed by atoms with Gasteiger partial charge in [-0.25, -0.2) is 0 Å². The lowest BCUT2D eigenvalue weighted by Gasteiger charge is -2.21. The number of nitrogens with zero attached hydrogens (tertiary/aromatic N) is 2. The molecular formula is C19H21N3O2. The van der Waals surface area contributed by atoms with E-state index in [-0.39, 0.29) is 11.4 Å². The lowest BCUT2D eigenvalue weighted by Crippen LogP contribution is -2.40. The van der Waals surface area contributed by atoms with Gasteiger partial charge in [0.25, 0.3) is 5.91 Å². The van der Waals surface area contributed by atoms with E-state index in [9.17, 15) is 4.79 Å². The number of hydrogen-bond acceptors (Lipinski definition) is 4. The van der Waals surface area contributed by atoms with Crippen LogP contribution in [0.2, 0.25) is 0 Å². The van der Waals surface area contributed by atoms with E-state index >= 15 is 0 Å². The molecule has 0 saturated heterocycles. The van der Waals surface area contributed by atoms with Gasteiger partial charge >= 0.3 is 0 Å². The fourth-order valence-corrected chi connectivity index (χ4v) is 2.31. The molecule has 1 aromatic carbocycles. The second-order valence-corrected chi connectivity index (χ2v) is 6.55. The van der Waals surface area contributed by atoms with Crippen LogP contribution >= 0.6 is 0 Å². The number of benzene rings is 1. The first-order chi connectivity index (χ1) is 11.3. The van der Waals surface area contributed by atoms with Crippen LogP contribution in [0.1, 0.15) is 48.0 Å². The van der Waals surface area contributed by atoms with Crippen molar-refractivity contribution in [1.29, 1.82) is 5.26 Å². The molecule has 0 bridgehead atoms. The molecule has 24 heavy (non-hydrogen) atoms. The van der Waals surface area contributed by atoms with Crippen molar-refractivity contribution in [2.24, 2.45) is 0 Å². The zero-order valence-electron chi connectivity index (χ0n) is 14.4. The summed E-state index contributed by atoms with van der Waals surface area (Å²) in [6.07, 6.45) is 2.04. The molecule has 5 nitrogen and oxygen atoms in total. The smallest absolute Gasteiger partial charge is 0.251 e. The third-order valence-corrected chi connectivity index (χ3v) is 3.36. The van der Waals surface area contributed by atoms with Gasteiger partial charge in [-0.15, -0.1) is 0 Å². The average molecular weight is 323 g/mol. The van der Waals surface area contributed by atoms with Gasteiger partial charge in [-0.1, -0.05) is 0 Å². The minimum atomic E-state index is -0.326. The molecule has 0 spiro atoms. The Morgan fingerprint density at radius 3 is 2.67 bits per heavy atom. The molecular weight excluding hydrogens is 302 g/mol. The van der Waals surface area contributed by atoms with Crippen molar-refractivity contribution in [1.82, 2.24) is 10.3 Å². The molecule has 124 valence electrons. The Bertz CT molecular complexity index is 786. The summed E-state index contributed by atoms with van der Waals surface area (Å²) in [5.41, 5.74) is 2.33. The number of amides is 1. The van der Waals surface area contributed by atoms with Crippen LogP contribution in [-0.4, -0.2) is 23.5 Å². The van der Waals surface area contributed by atoms with Crippen LogP contribution in [0.25, 0.3) is 0 Å². The molecule has 0 aliphatic heterocycles. The first-order valence-electron chi connectivity index (χ1n) is 7.67. The van der Waals surface area contributed by atoms with Gasteiger partial charge in [0.1, 0.15) is 5.75 Å². The third kappa shape index (κ3) is 4.56. The van der Waals surface area contributed by atoms with Crippen LogP contribution in [0.5, 0.6) is 5.75 Å². The van der Waals surface area contributed by atoms with Crippen molar-refractivity contribution >= 4 is 5.91 Å². The predicted octanol–water partition coefficient (Wildman–Crippen LogP) is 3.08. The standard InChI is InChI=1S/C19H21N3O2/c1-19(2,3)22-18(23)17-6-5-16(24-4)11-14(17)10-15-9-13(12-20)7-8-21-15/h5-9,11H,10H2,1-4H3,(H,22,23). The van der Waals surface area contributed by atoms with Crippen LogP contribution in [0.15, 0.2) is 36.5 Å². The van der Waals surface area contributed by atoms with Crippen molar-refractivity contribution in [2.75, 3.05) is 7.11 Å². The van der Waals surface area contributed by atoms with E-state index in [2.05, 4.69) is 16.4 Å². The number of methoxy groups -OCH3 is 1. The SMILES string of the molecule is COc1ccc(C(=O)NC(C)(C)C)c(Cc2cc(C#N)ccn2)c1. The zero-order valence-corrected chi connectivity index (χ0v) is 14.4. The number of nitrogens with one attached hydrogen (secondary N) is 1. The minimum absolute atomic E-state index is 0.142. The van der Waals surface area contributed by atoms with E-state index in [0.717, 1.165) is 11.3 Å². The monoisotopic (exact) mass is 323 g/mol. The number of aromatic nitrogens is 1. The van der Waals surface area contributed by atoms with Crippen LogP contribution in [-0.2, 0) is 6.42 Å². The Morgan fingerprint density at radius 1 is 1.29 bits per heavy atom. The van der Waals surface area contributed by atoms with E-state index < -0.39 is 0 Å².